The van der Waals surface area contributed by atoms with E-state index in [-0.39, 0.29) is 58.7 Å². The number of aromatic hydroxyl groups is 1. The summed E-state index contributed by atoms with van der Waals surface area (Å²) in [5, 5.41) is 53.8. The van der Waals surface area contributed by atoms with Crippen molar-refractivity contribution in [2.75, 3.05) is 19.0 Å². The highest BCUT2D eigenvalue weighted by Crippen LogP contribution is 2.71. The van der Waals surface area contributed by atoms with Crippen molar-refractivity contribution in [2.24, 2.45) is 22.7 Å². The molecular weight excluding hydrogens is 578 g/mol. The van der Waals surface area contributed by atoms with Gasteiger partial charge in [-0.1, -0.05) is 13.0 Å². The predicted octanol–water partition coefficient (Wildman–Crippen LogP) is 0.795. The summed E-state index contributed by atoms with van der Waals surface area (Å²) in [4.78, 5) is 39.1. The normalized spacial score (nSPS) is 41.8. The number of benzene rings is 1. The second-order valence-corrected chi connectivity index (χ2v) is 13.3. The first-order valence-corrected chi connectivity index (χ1v) is 14.9. The fourth-order valence-electron chi connectivity index (χ4n) is 8.57. The molecule has 13 heteroatoms. The Kier molecular flexibility index (Phi) is 7.58. The molecule has 6 N–H and O–H groups in total. The zero-order valence-corrected chi connectivity index (χ0v) is 24.8. The van der Waals surface area contributed by atoms with E-state index in [1.807, 2.05) is 6.92 Å². The van der Waals surface area contributed by atoms with Crippen LogP contribution in [0, 0.1) is 22.7 Å². The maximum Gasteiger partial charge on any atom is 0.341 e. The van der Waals surface area contributed by atoms with Crippen molar-refractivity contribution in [1.82, 2.24) is 0 Å². The average molecular weight is 618 g/mol. The number of carbonyl (C=O) groups excluding carboxylic acids is 3. The van der Waals surface area contributed by atoms with Crippen molar-refractivity contribution in [3.8, 4) is 11.5 Å². The van der Waals surface area contributed by atoms with Crippen LogP contribution in [0.5, 0.6) is 11.5 Å². The molecule has 4 bridgehead atoms. The van der Waals surface area contributed by atoms with Crippen LogP contribution in [0.15, 0.2) is 24.3 Å². The van der Waals surface area contributed by atoms with Crippen molar-refractivity contribution in [3.63, 3.8) is 0 Å². The van der Waals surface area contributed by atoms with Crippen LogP contribution in [0.25, 0.3) is 0 Å². The lowest BCUT2D eigenvalue weighted by Crippen LogP contribution is -2.60. The number of phenolic OH excluding ortho intramolecular Hbond substituents is 1. The Morgan fingerprint density at radius 2 is 1.89 bits per heavy atom. The third-order valence-corrected chi connectivity index (χ3v) is 10.7. The van der Waals surface area contributed by atoms with Gasteiger partial charge in [-0.15, -0.1) is 0 Å². The number of ketones is 1. The molecule has 0 radical (unpaired) electrons. The molecule has 6 aliphatic rings. The monoisotopic (exact) mass is 617 g/mol. The molecular formula is C31H39NO12. The number of hydrogen-bond acceptors (Lipinski definition) is 12. The molecule has 240 valence electrons. The van der Waals surface area contributed by atoms with E-state index in [0.29, 0.717) is 5.92 Å². The van der Waals surface area contributed by atoms with Crippen LogP contribution in [-0.4, -0.2) is 99.3 Å². The molecule has 1 aromatic carbocycles. The summed E-state index contributed by atoms with van der Waals surface area (Å²) in [6, 6.07) is 2.40. The Hall–Kier alpha value is -3.07. The summed E-state index contributed by atoms with van der Waals surface area (Å²) in [6.45, 7) is 3.34. The minimum atomic E-state index is -1.77. The molecule has 1 spiro atoms. The topological polar surface area (TPSA) is 201 Å². The highest BCUT2D eigenvalue weighted by atomic mass is 16.7. The number of anilines is 1. The van der Waals surface area contributed by atoms with Crippen molar-refractivity contribution >= 4 is 23.3 Å². The van der Waals surface area contributed by atoms with Gasteiger partial charge in [0, 0.05) is 17.8 Å². The van der Waals surface area contributed by atoms with E-state index in [4.69, 9.17) is 18.9 Å². The molecule has 3 aliphatic carbocycles. The average Bonchev–Trinajstić information content (AvgIpc) is 3.36. The van der Waals surface area contributed by atoms with Gasteiger partial charge in [-0.25, -0.2) is 4.79 Å². The third-order valence-electron chi connectivity index (χ3n) is 10.7. The van der Waals surface area contributed by atoms with Crippen LogP contribution in [0.2, 0.25) is 0 Å². The SMILES string of the molecule is COC(=O)c1ccc(OC2OC(CO)C(O)C(O)C2O)c(NC(=O)CC[C@]2(C)C(=O)C=CC34CC5CC(OC5(C)C3)C42)c1O. The smallest absolute Gasteiger partial charge is 0.341 e. The lowest BCUT2D eigenvalue weighted by molar-refractivity contribution is -0.277. The van der Waals surface area contributed by atoms with Gasteiger partial charge in [0.1, 0.15) is 41.4 Å². The van der Waals surface area contributed by atoms with E-state index < -0.39 is 60.4 Å². The summed E-state index contributed by atoms with van der Waals surface area (Å²) in [6.07, 6.45) is -1.60. The van der Waals surface area contributed by atoms with Crippen LogP contribution in [0.1, 0.15) is 56.3 Å². The zero-order valence-electron chi connectivity index (χ0n) is 24.8. The number of methoxy groups -OCH3 is 1. The number of aliphatic hydroxyl groups excluding tert-OH is 4. The minimum absolute atomic E-state index is 0.0642. The first kappa shape index (κ1) is 30.9. The van der Waals surface area contributed by atoms with Crippen LogP contribution < -0.4 is 10.1 Å². The van der Waals surface area contributed by atoms with Gasteiger partial charge in [-0.2, -0.15) is 0 Å². The Morgan fingerprint density at radius 3 is 2.57 bits per heavy atom. The fourth-order valence-corrected chi connectivity index (χ4v) is 8.57. The number of aliphatic hydroxyl groups is 4. The molecule has 11 atom stereocenters. The standard InChI is InChI=1S/C31H39NO12/c1-29(19(34)6-9-31-11-14-10-17(26(29)31)44-30(14,2)13-31)8-7-20(35)32-21-16(5-4-15(22(21)36)27(40)41-3)42-28-25(39)24(38)23(37)18(12-33)43-28/h4-6,9,14,17-18,23-26,28,33,36-39H,7-8,10-13H2,1-3H3,(H,32,35)/t14?,17?,18?,23?,24?,25?,26?,28?,29-,30?,31?/m1/s1. The molecule has 3 heterocycles. The van der Waals surface area contributed by atoms with Crippen molar-refractivity contribution in [3.05, 3.63) is 29.8 Å². The number of ether oxygens (including phenoxy) is 4. The Labute approximate surface area is 253 Å². The van der Waals surface area contributed by atoms with Gasteiger partial charge in [0.2, 0.25) is 12.2 Å². The Balaban J connectivity index is 1.23. The largest absolute Gasteiger partial charge is 0.505 e. The first-order valence-electron chi connectivity index (χ1n) is 14.9. The second kappa shape index (κ2) is 10.8. The van der Waals surface area contributed by atoms with E-state index in [1.54, 1.807) is 6.08 Å². The number of esters is 1. The van der Waals surface area contributed by atoms with E-state index in [2.05, 4.69) is 18.3 Å². The molecule has 10 unspecified atom stereocenters. The summed E-state index contributed by atoms with van der Waals surface area (Å²) < 4.78 is 22.3. The van der Waals surface area contributed by atoms with Gasteiger partial charge in [-0.3, -0.25) is 9.59 Å². The van der Waals surface area contributed by atoms with Gasteiger partial charge in [0.05, 0.1) is 25.4 Å². The molecule has 2 saturated carbocycles. The molecule has 1 aromatic rings. The summed E-state index contributed by atoms with van der Waals surface area (Å²) >= 11 is 0. The van der Waals surface area contributed by atoms with Crippen molar-refractivity contribution in [1.29, 1.82) is 0 Å². The molecule has 5 fully saturated rings. The van der Waals surface area contributed by atoms with E-state index in [9.17, 15) is 39.9 Å². The number of allylic oxidation sites excluding steroid dienone is 2. The van der Waals surface area contributed by atoms with Crippen molar-refractivity contribution in [2.45, 2.75) is 88.4 Å². The fraction of sp³-hybridized carbons (Fsp3) is 0.645. The summed E-state index contributed by atoms with van der Waals surface area (Å²) in [7, 11) is 1.12. The molecule has 3 saturated heterocycles. The minimum Gasteiger partial charge on any atom is -0.505 e. The van der Waals surface area contributed by atoms with Gasteiger partial charge >= 0.3 is 5.97 Å². The number of nitrogens with one attached hydrogen (secondary N) is 1. The van der Waals surface area contributed by atoms with Crippen LogP contribution in [-0.2, 0) is 23.8 Å². The lowest BCUT2D eigenvalue weighted by Gasteiger charge is -2.55. The Morgan fingerprint density at radius 1 is 1.14 bits per heavy atom. The lowest BCUT2D eigenvalue weighted by atomic mass is 9.51. The zero-order chi connectivity index (χ0) is 31.8. The van der Waals surface area contributed by atoms with Crippen LogP contribution >= 0.6 is 0 Å². The Bertz CT molecular complexity index is 1400. The number of hydrogen-bond donors (Lipinski definition) is 6. The molecule has 0 aromatic heterocycles. The number of rotatable bonds is 8. The molecule has 3 aliphatic heterocycles. The highest BCUT2D eigenvalue weighted by molar-refractivity contribution is 6.01. The van der Waals surface area contributed by atoms with E-state index in [0.717, 1.165) is 26.4 Å². The molecule has 1 amide bonds. The van der Waals surface area contributed by atoms with Gasteiger partial charge in [0.15, 0.2) is 11.5 Å². The highest BCUT2D eigenvalue weighted by Gasteiger charge is 2.71. The van der Waals surface area contributed by atoms with Gasteiger partial charge in [0.25, 0.3) is 0 Å². The third kappa shape index (κ3) is 4.63. The molecule has 7 rings (SSSR count). The van der Waals surface area contributed by atoms with E-state index >= 15 is 0 Å². The van der Waals surface area contributed by atoms with E-state index in [1.165, 1.54) is 12.1 Å². The van der Waals surface area contributed by atoms with Crippen molar-refractivity contribution < 1.29 is 58.9 Å². The van der Waals surface area contributed by atoms with Crippen LogP contribution in [0.4, 0.5) is 5.69 Å². The van der Waals surface area contributed by atoms with Gasteiger partial charge in [-0.05, 0) is 62.1 Å². The number of amides is 1. The second-order valence-electron chi connectivity index (χ2n) is 13.3. The number of carbonyl (C=O) groups is 3. The first-order chi connectivity index (χ1) is 20.8. The number of phenols is 1. The van der Waals surface area contributed by atoms with Gasteiger partial charge < -0.3 is 49.8 Å². The maximum absolute atomic E-state index is 13.4. The predicted molar refractivity (Wildman–Crippen MR) is 151 cm³/mol. The maximum atomic E-state index is 13.4. The van der Waals surface area contributed by atoms with Crippen LogP contribution in [0.3, 0.4) is 0 Å². The summed E-state index contributed by atoms with van der Waals surface area (Å²) in [5.41, 5.74) is -1.82. The molecule has 13 nitrogen and oxygen atoms in total. The quantitative estimate of drug-likeness (QED) is 0.177. The molecule has 44 heavy (non-hydrogen) atoms. The summed E-state index contributed by atoms with van der Waals surface area (Å²) in [5.74, 6) is -2.09.